The van der Waals surface area contributed by atoms with Gasteiger partial charge in [-0.15, -0.1) is 11.3 Å². The molecule has 2 aromatic rings. The molecular weight excluding hydrogens is 326 g/mol. The normalized spacial score (nSPS) is 10.3. The number of methoxy groups -OCH3 is 1. The first-order chi connectivity index (χ1) is 11.5. The molecule has 1 aromatic heterocycles. The number of aromatic nitrogens is 1. The van der Waals surface area contributed by atoms with Crippen LogP contribution in [-0.4, -0.2) is 41.9 Å². The Balaban J connectivity index is 2.03. The number of benzene rings is 1. The lowest BCUT2D eigenvalue weighted by molar-refractivity contribution is -0.116. The highest BCUT2D eigenvalue weighted by atomic mass is 32.1. The lowest BCUT2D eigenvalue weighted by Gasteiger charge is -2.21. The quantitative estimate of drug-likeness (QED) is 0.836. The van der Waals surface area contributed by atoms with Crippen LogP contribution in [0.15, 0.2) is 30.5 Å². The van der Waals surface area contributed by atoms with Gasteiger partial charge in [0.05, 0.1) is 7.11 Å². The average molecular weight is 347 g/mol. The van der Waals surface area contributed by atoms with E-state index >= 15 is 0 Å². The fraction of sp³-hybridized carbons (Fsp3) is 0.353. The van der Waals surface area contributed by atoms with Crippen molar-refractivity contribution in [3.63, 3.8) is 0 Å². The molecule has 0 radical (unpaired) electrons. The predicted molar refractivity (Wildman–Crippen MR) is 94.7 cm³/mol. The Hall–Kier alpha value is -2.41. The molecule has 0 bridgehead atoms. The number of ether oxygens (including phenoxy) is 1. The van der Waals surface area contributed by atoms with E-state index in [1.54, 1.807) is 37.6 Å². The fourth-order valence-corrected chi connectivity index (χ4v) is 2.86. The van der Waals surface area contributed by atoms with Crippen molar-refractivity contribution in [2.45, 2.75) is 20.3 Å². The molecule has 0 unspecified atom stereocenters. The van der Waals surface area contributed by atoms with Crippen molar-refractivity contribution in [2.75, 3.05) is 25.5 Å². The number of hydrogen-bond acceptors (Lipinski definition) is 5. The van der Waals surface area contributed by atoms with Gasteiger partial charge in [-0.25, -0.2) is 4.98 Å². The van der Waals surface area contributed by atoms with Gasteiger partial charge in [-0.3, -0.25) is 9.59 Å². The molecule has 0 aliphatic carbocycles. The van der Waals surface area contributed by atoms with Gasteiger partial charge in [0.15, 0.2) is 5.13 Å². The maximum Gasteiger partial charge on any atom is 0.254 e. The second-order valence-electron chi connectivity index (χ2n) is 5.28. The Bertz CT molecular complexity index is 697. The second kappa shape index (κ2) is 8.44. The molecule has 0 atom stereocenters. The number of hydrogen-bond donors (Lipinski definition) is 1. The Morgan fingerprint density at radius 2 is 2.00 bits per heavy atom. The van der Waals surface area contributed by atoms with Gasteiger partial charge in [0.1, 0.15) is 12.3 Å². The maximum atomic E-state index is 12.6. The molecule has 0 saturated carbocycles. The van der Waals surface area contributed by atoms with Gasteiger partial charge >= 0.3 is 0 Å². The number of anilines is 1. The minimum absolute atomic E-state index is 0.00265. The topological polar surface area (TPSA) is 71.5 Å². The number of thiazole rings is 1. The highest BCUT2D eigenvalue weighted by Gasteiger charge is 2.19. The van der Waals surface area contributed by atoms with Crippen molar-refractivity contribution in [1.29, 1.82) is 0 Å². The van der Waals surface area contributed by atoms with Gasteiger partial charge in [-0.2, -0.15) is 0 Å². The Morgan fingerprint density at radius 1 is 1.29 bits per heavy atom. The molecule has 1 heterocycles. The van der Waals surface area contributed by atoms with Crippen molar-refractivity contribution >= 4 is 28.3 Å². The summed E-state index contributed by atoms with van der Waals surface area (Å²) in [4.78, 5) is 31.5. The van der Waals surface area contributed by atoms with Gasteiger partial charge in [0.25, 0.3) is 5.91 Å². The summed E-state index contributed by atoms with van der Waals surface area (Å²) in [6.45, 7) is 4.40. The summed E-state index contributed by atoms with van der Waals surface area (Å²) < 4.78 is 5.10. The fourth-order valence-electron chi connectivity index (χ4n) is 2.18. The zero-order chi connectivity index (χ0) is 17.5. The van der Waals surface area contributed by atoms with Gasteiger partial charge in [-0.05, 0) is 37.6 Å². The SMILES string of the molecule is CCCN(CC(=O)Nc1ncc(C)s1)C(=O)c1ccc(OC)cc1. The Labute approximate surface area is 145 Å². The summed E-state index contributed by atoms with van der Waals surface area (Å²) in [7, 11) is 1.57. The van der Waals surface area contributed by atoms with Crippen LogP contribution in [0.2, 0.25) is 0 Å². The highest BCUT2D eigenvalue weighted by Crippen LogP contribution is 2.17. The van der Waals surface area contributed by atoms with Crippen LogP contribution in [0.5, 0.6) is 5.75 Å². The van der Waals surface area contributed by atoms with Crippen LogP contribution in [0, 0.1) is 6.92 Å². The van der Waals surface area contributed by atoms with Gasteiger partial charge in [0.2, 0.25) is 5.91 Å². The third kappa shape index (κ3) is 4.79. The van der Waals surface area contributed by atoms with E-state index in [4.69, 9.17) is 4.74 Å². The molecular formula is C17H21N3O3S. The Kier molecular flexibility index (Phi) is 6.31. The number of carbonyl (C=O) groups is 2. The molecule has 0 saturated heterocycles. The van der Waals surface area contributed by atoms with Gasteiger partial charge in [-0.1, -0.05) is 6.92 Å². The number of nitrogens with one attached hydrogen (secondary N) is 1. The lowest BCUT2D eigenvalue weighted by atomic mass is 10.2. The molecule has 24 heavy (non-hydrogen) atoms. The zero-order valence-electron chi connectivity index (χ0n) is 14.0. The molecule has 7 heteroatoms. The third-order valence-electron chi connectivity index (χ3n) is 3.32. The number of carbonyl (C=O) groups excluding carboxylic acids is 2. The van der Waals surface area contributed by atoms with Crippen LogP contribution >= 0.6 is 11.3 Å². The molecule has 1 aromatic carbocycles. The average Bonchev–Trinajstić information content (AvgIpc) is 2.98. The summed E-state index contributed by atoms with van der Waals surface area (Å²) >= 11 is 1.40. The monoisotopic (exact) mass is 347 g/mol. The molecule has 6 nitrogen and oxygen atoms in total. The highest BCUT2D eigenvalue weighted by molar-refractivity contribution is 7.15. The molecule has 1 N–H and O–H groups in total. The second-order valence-corrected chi connectivity index (χ2v) is 6.51. The summed E-state index contributed by atoms with van der Waals surface area (Å²) in [5.74, 6) is 0.259. The van der Waals surface area contributed by atoms with Crippen LogP contribution in [-0.2, 0) is 4.79 Å². The molecule has 2 amide bonds. The van der Waals surface area contributed by atoms with E-state index in [0.29, 0.717) is 23.0 Å². The van der Waals surface area contributed by atoms with Crippen LogP contribution < -0.4 is 10.1 Å². The van der Waals surface area contributed by atoms with E-state index in [9.17, 15) is 9.59 Å². The Morgan fingerprint density at radius 3 is 2.54 bits per heavy atom. The van der Waals surface area contributed by atoms with E-state index in [1.165, 1.54) is 16.2 Å². The number of nitrogens with zero attached hydrogens (tertiary/aromatic N) is 2. The predicted octanol–water partition coefficient (Wildman–Crippen LogP) is 2.95. The van der Waals surface area contributed by atoms with Crippen molar-refractivity contribution in [1.82, 2.24) is 9.88 Å². The van der Waals surface area contributed by atoms with Crippen LogP contribution in [0.25, 0.3) is 0 Å². The van der Waals surface area contributed by atoms with Crippen molar-refractivity contribution in [2.24, 2.45) is 0 Å². The summed E-state index contributed by atoms with van der Waals surface area (Å²) in [6, 6.07) is 6.86. The first-order valence-electron chi connectivity index (χ1n) is 7.69. The number of amides is 2. The molecule has 128 valence electrons. The lowest BCUT2D eigenvalue weighted by Crippen LogP contribution is -2.38. The van der Waals surface area contributed by atoms with Gasteiger partial charge in [0, 0.05) is 23.2 Å². The molecule has 0 spiro atoms. The van der Waals surface area contributed by atoms with E-state index in [-0.39, 0.29) is 18.4 Å². The first kappa shape index (κ1) is 17.9. The van der Waals surface area contributed by atoms with Crippen molar-refractivity contribution in [3.05, 3.63) is 40.9 Å². The molecule has 0 aliphatic heterocycles. The summed E-state index contributed by atoms with van der Waals surface area (Å²) in [6.07, 6.45) is 2.47. The van der Waals surface area contributed by atoms with E-state index in [1.807, 2.05) is 13.8 Å². The minimum Gasteiger partial charge on any atom is -0.497 e. The van der Waals surface area contributed by atoms with Crippen LogP contribution in [0.1, 0.15) is 28.6 Å². The van der Waals surface area contributed by atoms with Gasteiger partial charge < -0.3 is 15.0 Å². The largest absolute Gasteiger partial charge is 0.497 e. The minimum atomic E-state index is -0.250. The molecule has 2 rings (SSSR count). The van der Waals surface area contributed by atoms with Crippen molar-refractivity contribution in [3.8, 4) is 5.75 Å². The molecule has 0 fully saturated rings. The van der Waals surface area contributed by atoms with E-state index in [2.05, 4.69) is 10.3 Å². The van der Waals surface area contributed by atoms with E-state index < -0.39 is 0 Å². The van der Waals surface area contributed by atoms with Crippen molar-refractivity contribution < 1.29 is 14.3 Å². The standard InChI is InChI=1S/C17H21N3O3S/c1-4-9-20(11-15(21)19-17-18-10-12(2)24-17)16(22)13-5-7-14(23-3)8-6-13/h5-8,10H,4,9,11H2,1-3H3,(H,18,19,21). The maximum absolute atomic E-state index is 12.6. The van der Waals surface area contributed by atoms with Crippen LogP contribution in [0.4, 0.5) is 5.13 Å². The zero-order valence-corrected chi connectivity index (χ0v) is 14.9. The summed E-state index contributed by atoms with van der Waals surface area (Å²) in [5, 5.41) is 3.28. The number of aryl methyl sites for hydroxylation is 1. The summed E-state index contributed by atoms with van der Waals surface area (Å²) in [5.41, 5.74) is 0.530. The first-order valence-corrected chi connectivity index (χ1v) is 8.50. The number of rotatable bonds is 7. The smallest absolute Gasteiger partial charge is 0.254 e. The van der Waals surface area contributed by atoms with Crippen LogP contribution in [0.3, 0.4) is 0 Å². The van der Waals surface area contributed by atoms with E-state index in [0.717, 1.165) is 11.3 Å². The third-order valence-corrected chi connectivity index (χ3v) is 4.15. The molecule has 0 aliphatic rings.